The van der Waals surface area contributed by atoms with Gasteiger partial charge in [0.15, 0.2) is 10.8 Å². The van der Waals surface area contributed by atoms with E-state index in [4.69, 9.17) is 32.5 Å². The third-order valence-corrected chi connectivity index (χ3v) is 7.98. The van der Waals surface area contributed by atoms with Gasteiger partial charge in [-0.25, -0.2) is 23.9 Å². The van der Waals surface area contributed by atoms with E-state index in [0.29, 0.717) is 37.8 Å². The summed E-state index contributed by atoms with van der Waals surface area (Å²) in [7, 11) is -2.27. The zero-order valence-electron chi connectivity index (χ0n) is 16.4. The molecule has 0 fully saturated rings. The molecule has 3 aromatic heterocycles. The van der Waals surface area contributed by atoms with E-state index in [1.54, 1.807) is 37.4 Å². The SMILES string of the molecule is COc1ccc2nc(NP(=O)(Oc3ccc(Cl)cc3)n3cnc4c(Cl)ccnc43)sc2c1. The Morgan fingerprint density at radius 1 is 1.06 bits per heavy atom. The molecule has 0 radical (unpaired) electrons. The van der Waals surface area contributed by atoms with E-state index >= 15 is 0 Å². The Balaban J connectivity index is 1.61. The molecule has 1 N–H and O–H groups in total. The van der Waals surface area contributed by atoms with Gasteiger partial charge in [0.05, 0.1) is 22.3 Å². The maximum atomic E-state index is 14.2. The minimum atomic E-state index is -3.87. The van der Waals surface area contributed by atoms with Crippen LogP contribution in [-0.4, -0.2) is 26.4 Å². The monoisotopic (exact) mass is 505 g/mol. The van der Waals surface area contributed by atoms with Crippen LogP contribution in [0.1, 0.15) is 0 Å². The van der Waals surface area contributed by atoms with E-state index in [1.807, 2.05) is 18.2 Å². The molecule has 0 aliphatic heterocycles. The number of thiazole rings is 1. The average Bonchev–Trinajstić information content (AvgIpc) is 3.39. The zero-order chi connectivity index (χ0) is 22.3. The predicted molar refractivity (Wildman–Crippen MR) is 127 cm³/mol. The zero-order valence-corrected chi connectivity index (χ0v) is 19.6. The van der Waals surface area contributed by atoms with E-state index in [9.17, 15) is 4.57 Å². The number of ether oxygens (including phenoxy) is 1. The Morgan fingerprint density at radius 2 is 1.84 bits per heavy atom. The number of anilines is 1. The summed E-state index contributed by atoms with van der Waals surface area (Å²) in [6, 6.07) is 13.6. The fraction of sp³-hybridized carbons (Fsp3) is 0.0500. The van der Waals surface area contributed by atoms with Crippen LogP contribution >= 0.6 is 42.2 Å². The lowest BCUT2D eigenvalue weighted by atomic mass is 10.3. The molecule has 0 saturated carbocycles. The molecule has 0 aliphatic rings. The van der Waals surface area contributed by atoms with Crippen molar-refractivity contribution in [3.8, 4) is 11.5 Å². The summed E-state index contributed by atoms with van der Waals surface area (Å²) >= 11 is 13.5. The number of nitrogens with one attached hydrogen (secondary N) is 1. The largest absolute Gasteiger partial charge is 0.497 e. The van der Waals surface area contributed by atoms with Gasteiger partial charge in [0, 0.05) is 11.2 Å². The standard InChI is InChI=1S/C20H14Cl2N5O3PS/c1-29-14-6-7-16-17(10-14)32-20(25-16)26-31(28,30-13-4-2-12(21)3-5-13)27-11-24-18-15(22)8-9-23-19(18)27/h2-11H,1H3,(H,25,26,28). The van der Waals surface area contributed by atoms with Gasteiger partial charge in [-0.15, -0.1) is 0 Å². The summed E-state index contributed by atoms with van der Waals surface area (Å²) in [5.41, 5.74) is 1.45. The fourth-order valence-corrected chi connectivity index (χ4v) is 6.14. The summed E-state index contributed by atoms with van der Waals surface area (Å²) in [6.45, 7) is 0. The number of benzene rings is 2. The number of methoxy groups -OCH3 is 1. The summed E-state index contributed by atoms with van der Waals surface area (Å²) in [5.74, 6) is 1.05. The number of nitrogens with zero attached hydrogens (tertiary/aromatic N) is 4. The number of aromatic nitrogens is 4. The molecule has 5 rings (SSSR count). The average molecular weight is 506 g/mol. The Bertz CT molecular complexity index is 1490. The molecule has 5 aromatic rings. The first-order chi connectivity index (χ1) is 15.4. The highest BCUT2D eigenvalue weighted by Crippen LogP contribution is 2.51. The van der Waals surface area contributed by atoms with Crippen molar-refractivity contribution in [2.24, 2.45) is 0 Å². The Hall–Kier alpha value is -2.84. The maximum absolute atomic E-state index is 14.2. The molecule has 2 aromatic carbocycles. The van der Waals surface area contributed by atoms with Crippen LogP contribution < -0.4 is 14.3 Å². The van der Waals surface area contributed by atoms with Crippen LogP contribution in [0.3, 0.4) is 0 Å². The summed E-state index contributed by atoms with van der Waals surface area (Å²) in [4.78, 5) is 13.1. The molecule has 0 bridgehead atoms. The van der Waals surface area contributed by atoms with E-state index in [-0.39, 0.29) is 0 Å². The first-order valence-electron chi connectivity index (χ1n) is 9.22. The molecule has 3 heterocycles. The number of imidazole rings is 1. The van der Waals surface area contributed by atoms with Crippen LogP contribution in [0.2, 0.25) is 10.0 Å². The van der Waals surface area contributed by atoms with Crippen molar-refractivity contribution < 1.29 is 13.8 Å². The molecular formula is C20H14Cl2N5O3PS. The molecule has 1 atom stereocenters. The third-order valence-electron chi connectivity index (χ3n) is 4.53. The van der Waals surface area contributed by atoms with Crippen molar-refractivity contribution in [1.29, 1.82) is 0 Å². The van der Waals surface area contributed by atoms with Gasteiger partial charge < -0.3 is 9.26 Å². The smallest absolute Gasteiger partial charge is 0.455 e. The second-order valence-corrected chi connectivity index (χ2v) is 10.3. The molecule has 8 nitrogen and oxygen atoms in total. The summed E-state index contributed by atoms with van der Waals surface area (Å²) in [6.07, 6.45) is 2.89. The highest BCUT2D eigenvalue weighted by atomic mass is 35.5. The number of pyridine rings is 1. The Labute approximate surface area is 196 Å². The first kappa shape index (κ1) is 21.0. The molecule has 1 unspecified atom stereocenters. The van der Waals surface area contributed by atoms with Gasteiger partial charge in [0.1, 0.15) is 23.3 Å². The third kappa shape index (κ3) is 3.89. The quantitative estimate of drug-likeness (QED) is 0.263. The molecule has 32 heavy (non-hydrogen) atoms. The molecule has 162 valence electrons. The van der Waals surface area contributed by atoms with E-state index < -0.39 is 7.67 Å². The van der Waals surface area contributed by atoms with Crippen molar-refractivity contribution in [3.05, 3.63) is 71.1 Å². The van der Waals surface area contributed by atoms with E-state index in [1.165, 1.54) is 28.2 Å². The lowest BCUT2D eigenvalue weighted by Crippen LogP contribution is -2.11. The number of halogens is 2. The Morgan fingerprint density at radius 3 is 2.62 bits per heavy atom. The van der Waals surface area contributed by atoms with Gasteiger partial charge in [-0.1, -0.05) is 34.5 Å². The van der Waals surface area contributed by atoms with Crippen molar-refractivity contribution in [2.45, 2.75) is 0 Å². The lowest BCUT2D eigenvalue weighted by Gasteiger charge is -2.20. The fourth-order valence-electron chi connectivity index (χ4n) is 3.03. The van der Waals surface area contributed by atoms with Crippen LogP contribution in [0.15, 0.2) is 61.1 Å². The van der Waals surface area contributed by atoms with Crippen molar-refractivity contribution in [3.63, 3.8) is 0 Å². The maximum Gasteiger partial charge on any atom is 0.455 e. The van der Waals surface area contributed by atoms with Gasteiger partial charge in [-0.2, -0.15) is 0 Å². The molecule has 0 spiro atoms. The molecule has 0 aliphatic carbocycles. The summed E-state index contributed by atoms with van der Waals surface area (Å²) < 4.78 is 27.7. The highest BCUT2D eigenvalue weighted by Gasteiger charge is 2.32. The normalized spacial score (nSPS) is 13.2. The second kappa shape index (κ2) is 8.26. The van der Waals surface area contributed by atoms with Crippen LogP contribution in [0.4, 0.5) is 5.13 Å². The van der Waals surface area contributed by atoms with Gasteiger partial charge in [-0.3, -0.25) is 5.09 Å². The predicted octanol–water partition coefficient (Wildman–Crippen LogP) is 6.50. The van der Waals surface area contributed by atoms with Crippen LogP contribution in [0, 0.1) is 0 Å². The van der Waals surface area contributed by atoms with Gasteiger partial charge in [0.25, 0.3) is 0 Å². The second-order valence-electron chi connectivity index (χ2n) is 6.58. The number of hydrogen-bond acceptors (Lipinski definition) is 7. The molecule has 0 saturated heterocycles. The van der Waals surface area contributed by atoms with Crippen LogP contribution in [0.5, 0.6) is 11.5 Å². The minimum Gasteiger partial charge on any atom is -0.497 e. The topological polar surface area (TPSA) is 91.2 Å². The lowest BCUT2D eigenvalue weighted by molar-refractivity contribution is 0.415. The molecule has 12 heteroatoms. The van der Waals surface area contributed by atoms with Gasteiger partial charge in [0.2, 0.25) is 0 Å². The van der Waals surface area contributed by atoms with Crippen molar-refractivity contribution in [2.75, 3.05) is 12.2 Å². The highest BCUT2D eigenvalue weighted by molar-refractivity contribution is 7.60. The minimum absolute atomic E-state index is 0.310. The van der Waals surface area contributed by atoms with Gasteiger partial charge in [-0.05, 0) is 48.5 Å². The van der Waals surface area contributed by atoms with Crippen molar-refractivity contribution >= 4 is 68.7 Å². The molecule has 0 amide bonds. The van der Waals surface area contributed by atoms with E-state index in [2.05, 4.69) is 20.0 Å². The Kier molecular flexibility index (Phi) is 5.43. The van der Waals surface area contributed by atoms with E-state index in [0.717, 1.165) is 10.2 Å². The number of rotatable bonds is 6. The van der Waals surface area contributed by atoms with Crippen molar-refractivity contribution in [1.82, 2.24) is 19.3 Å². The van der Waals surface area contributed by atoms with Crippen LogP contribution in [-0.2, 0) is 4.57 Å². The number of fused-ring (bicyclic) bond motifs is 2. The summed E-state index contributed by atoms with van der Waals surface area (Å²) in [5, 5.41) is 4.28. The van der Waals surface area contributed by atoms with Crippen LogP contribution in [0.25, 0.3) is 21.4 Å². The first-order valence-corrected chi connectivity index (χ1v) is 12.4. The molecular weight excluding hydrogens is 492 g/mol. The number of hydrogen-bond donors (Lipinski definition) is 1. The van der Waals surface area contributed by atoms with Gasteiger partial charge >= 0.3 is 7.67 Å².